The molecule has 1 aliphatic rings. The molecule has 0 unspecified atom stereocenters. The number of benzene rings is 1. The summed E-state index contributed by atoms with van der Waals surface area (Å²) in [7, 11) is 0. The van der Waals surface area contributed by atoms with Crippen LogP contribution in [-0.2, 0) is 9.53 Å². The first-order valence-electron chi connectivity index (χ1n) is 8.08. The lowest BCUT2D eigenvalue weighted by atomic mass is 10.2. The van der Waals surface area contributed by atoms with Crippen molar-refractivity contribution in [2.75, 3.05) is 12.4 Å². The van der Waals surface area contributed by atoms with Crippen LogP contribution in [0.15, 0.2) is 29.4 Å². The van der Waals surface area contributed by atoms with Crippen molar-refractivity contribution in [1.82, 2.24) is 14.8 Å². The van der Waals surface area contributed by atoms with E-state index in [2.05, 4.69) is 14.8 Å². The second-order valence-electron chi connectivity index (χ2n) is 5.61. The lowest BCUT2D eigenvalue weighted by Crippen LogP contribution is -2.05. The summed E-state index contributed by atoms with van der Waals surface area (Å²) in [6.45, 7) is 2.16. The summed E-state index contributed by atoms with van der Waals surface area (Å²) in [5.74, 6) is 1.06. The lowest BCUT2D eigenvalue weighted by Gasteiger charge is -2.08. The number of nitrogens with zero attached hydrogens (tertiary/aromatic N) is 4. The van der Waals surface area contributed by atoms with Gasteiger partial charge in [0.05, 0.1) is 18.0 Å². The van der Waals surface area contributed by atoms with Gasteiger partial charge in [0.25, 0.3) is 5.69 Å². The topological polar surface area (TPSA) is 100 Å². The van der Waals surface area contributed by atoms with E-state index >= 15 is 0 Å². The third-order valence-corrected chi connectivity index (χ3v) is 4.70. The quantitative estimate of drug-likeness (QED) is 0.307. The Kier molecular flexibility index (Phi) is 5.32. The van der Waals surface area contributed by atoms with E-state index in [9.17, 15) is 14.9 Å². The Bertz CT molecular complexity index is 771. The van der Waals surface area contributed by atoms with Gasteiger partial charge >= 0.3 is 5.97 Å². The molecule has 0 amide bonds. The van der Waals surface area contributed by atoms with E-state index in [1.54, 1.807) is 19.1 Å². The molecule has 1 aromatic carbocycles. The molecule has 2 aromatic rings. The van der Waals surface area contributed by atoms with Crippen LogP contribution in [-0.4, -0.2) is 38.0 Å². The van der Waals surface area contributed by atoms with Crippen LogP contribution in [0.1, 0.15) is 32.2 Å². The molecule has 8 nitrogen and oxygen atoms in total. The summed E-state index contributed by atoms with van der Waals surface area (Å²) in [5.41, 5.74) is 0.840. The minimum absolute atomic E-state index is 0.0465. The van der Waals surface area contributed by atoms with E-state index in [0.29, 0.717) is 30.6 Å². The SMILES string of the molecule is CCOC(=O)CCSc1nnc(-c2ccc([N+](=O)[O-])cc2)n1C1CC1. The molecular formula is C16H18N4O4S. The minimum atomic E-state index is -0.425. The molecule has 9 heteroatoms. The maximum absolute atomic E-state index is 11.4. The van der Waals surface area contributed by atoms with Gasteiger partial charge in [-0.05, 0) is 31.9 Å². The van der Waals surface area contributed by atoms with Gasteiger partial charge in [-0.3, -0.25) is 19.5 Å². The van der Waals surface area contributed by atoms with Gasteiger partial charge in [-0.2, -0.15) is 0 Å². The number of thioether (sulfide) groups is 1. The summed E-state index contributed by atoms with van der Waals surface area (Å²) in [6, 6.07) is 6.66. The van der Waals surface area contributed by atoms with Gasteiger partial charge in [-0.15, -0.1) is 10.2 Å². The molecule has 0 N–H and O–H groups in total. The maximum atomic E-state index is 11.4. The van der Waals surface area contributed by atoms with E-state index in [4.69, 9.17) is 4.74 Å². The molecule has 1 saturated carbocycles. The Hall–Kier alpha value is -2.42. The van der Waals surface area contributed by atoms with Gasteiger partial charge in [0.2, 0.25) is 0 Å². The number of non-ortho nitro benzene ring substituents is 1. The van der Waals surface area contributed by atoms with Crippen LogP contribution in [0.2, 0.25) is 0 Å². The Morgan fingerprint density at radius 1 is 1.36 bits per heavy atom. The predicted octanol–water partition coefficient (Wildman–Crippen LogP) is 3.23. The highest BCUT2D eigenvalue weighted by Gasteiger charge is 2.30. The van der Waals surface area contributed by atoms with Crippen molar-refractivity contribution in [3.8, 4) is 11.4 Å². The number of aromatic nitrogens is 3. The van der Waals surface area contributed by atoms with Crippen molar-refractivity contribution in [2.45, 2.75) is 37.4 Å². The Balaban J connectivity index is 1.76. The molecule has 1 aromatic heterocycles. The van der Waals surface area contributed by atoms with Crippen molar-refractivity contribution in [3.63, 3.8) is 0 Å². The van der Waals surface area contributed by atoms with Crippen LogP contribution in [0, 0.1) is 10.1 Å². The normalized spacial score (nSPS) is 13.6. The number of carbonyl (C=O) groups excluding carboxylic acids is 1. The van der Waals surface area contributed by atoms with Crippen molar-refractivity contribution < 1.29 is 14.5 Å². The largest absolute Gasteiger partial charge is 0.466 e. The molecule has 0 spiro atoms. The summed E-state index contributed by atoms with van der Waals surface area (Å²) in [6.07, 6.45) is 2.44. The van der Waals surface area contributed by atoms with Crippen LogP contribution < -0.4 is 0 Å². The number of esters is 1. The second-order valence-corrected chi connectivity index (χ2v) is 6.68. The van der Waals surface area contributed by atoms with Crippen LogP contribution in [0.25, 0.3) is 11.4 Å². The van der Waals surface area contributed by atoms with Crippen LogP contribution in [0.3, 0.4) is 0 Å². The van der Waals surface area contributed by atoms with E-state index in [1.807, 2.05) is 0 Å². The zero-order valence-electron chi connectivity index (χ0n) is 13.8. The van der Waals surface area contributed by atoms with Crippen LogP contribution in [0.4, 0.5) is 5.69 Å². The molecule has 25 heavy (non-hydrogen) atoms. The summed E-state index contributed by atoms with van der Waals surface area (Å²) >= 11 is 1.47. The zero-order chi connectivity index (χ0) is 17.8. The zero-order valence-corrected chi connectivity index (χ0v) is 14.6. The number of carbonyl (C=O) groups is 1. The molecule has 1 aliphatic carbocycles. The molecule has 0 radical (unpaired) electrons. The molecular weight excluding hydrogens is 344 g/mol. The van der Waals surface area contributed by atoms with Crippen LogP contribution in [0.5, 0.6) is 0 Å². The monoisotopic (exact) mass is 362 g/mol. The number of nitro groups is 1. The predicted molar refractivity (Wildman–Crippen MR) is 92.4 cm³/mol. The van der Waals surface area contributed by atoms with Crippen molar-refractivity contribution in [1.29, 1.82) is 0 Å². The number of ether oxygens (including phenoxy) is 1. The fourth-order valence-corrected chi connectivity index (χ4v) is 3.35. The standard InChI is InChI=1S/C16H18N4O4S/c1-2-24-14(21)9-10-25-16-18-17-15(19(16)12-7-8-12)11-3-5-13(6-4-11)20(22)23/h3-6,12H,2,7-10H2,1H3. The minimum Gasteiger partial charge on any atom is -0.466 e. The van der Waals surface area contributed by atoms with Crippen molar-refractivity contribution >= 4 is 23.4 Å². The summed E-state index contributed by atoms with van der Waals surface area (Å²) in [5, 5.41) is 20.1. The molecule has 132 valence electrons. The average Bonchev–Trinajstić information content (AvgIpc) is 3.35. The van der Waals surface area contributed by atoms with Crippen LogP contribution >= 0.6 is 11.8 Å². The first-order chi connectivity index (χ1) is 12.1. The lowest BCUT2D eigenvalue weighted by molar-refractivity contribution is -0.384. The number of hydrogen-bond donors (Lipinski definition) is 0. The number of hydrogen-bond acceptors (Lipinski definition) is 7. The highest BCUT2D eigenvalue weighted by atomic mass is 32.2. The smallest absolute Gasteiger partial charge is 0.306 e. The molecule has 3 rings (SSSR count). The fraction of sp³-hybridized carbons (Fsp3) is 0.438. The van der Waals surface area contributed by atoms with E-state index < -0.39 is 4.92 Å². The molecule has 0 saturated heterocycles. The third-order valence-electron chi connectivity index (χ3n) is 3.76. The molecule has 0 aliphatic heterocycles. The fourth-order valence-electron chi connectivity index (χ4n) is 2.43. The second kappa shape index (κ2) is 7.64. The van der Waals surface area contributed by atoms with Gasteiger partial charge < -0.3 is 4.74 Å². The first-order valence-corrected chi connectivity index (χ1v) is 9.07. The Morgan fingerprint density at radius 3 is 2.68 bits per heavy atom. The first kappa shape index (κ1) is 17.4. The highest BCUT2D eigenvalue weighted by molar-refractivity contribution is 7.99. The summed E-state index contributed by atoms with van der Waals surface area (Å²) < 4.78 is 6.99. The Morgan fingerprint density at radius 2 is 2.08 bits per heavy atom. The highest BCUT2D eigenvalue weighted by Crippen LogP contribution is 2.41. The molecule has 0 bridgehead atoms. The van der Waals surface area contributed by atoms with Gasteiger partial charge in [0, 0.05) is 29.5 Å². The van der Waals surface area contributed by atoms with Crippen molar-refractivity contribution in [2.24, 2.45) is 0 Å². The molecule has 0 atom stereocenters. The van der Waals surface area contributed by atoms with Gasteiger partial charge in [-0.25, -0.2) is 0 Å². The van der Waals surface area contributed by atoms with Gasteiger partial charge in [-0.1, -0.05) is 11.8 Å². The number of rotatable bonds is 8. The molecule has 1 heterocycles. The van der Waals surface area contributed by atoms with Gasteiger partial charge in [0.15, 0.2) is 11.0 Å². The van der Waals surface area contributed by atoms with Gasteiger partial charge in [0.1, 0.15) is 0 Å². The third kappa shape index (κ3) is 4.16. The van der Waals surface area contributed by atoms with E-state index in [-0.39, 0.29) is 11.7 Å². The summed E-state index contributed by atoms with van der Waals surface area (Å²) in [4.78, 5) is 21.8. The van der Waals surface area contributed by atoms with Crippen molar-refractivity contribution in [3.05, 3.63) is 34.4 Å². The molecule has 1 fully saturated rings. The maximum Gasteiger partial charge on any atom is 0.306 e. The van der Waals surface area contributed by atoms with E-state index in [0.717, 1.165) is 23.6 Å². The number of nitro benzene ring substituents is 1. The average molecular weight is 362 g/mol. The van der Waals surface area contributed by atoms with E-state index in [1.165, 1.54) is 23.9 Å². The Labute approximate surface area is 148 Å².